The fourth-order valence-corrected chi connectivity index (χ4v) is 1.81. The number of anilines is 1. The average Bonchev–Trinajstić information content (AvgIpc) is 2.40. The van der Waals surface area contributed by atoms with Gasteiger partial charge in [-0.1, -0.05) is 24.3 Å². The highest BCUT2D eigenvalue weighted by atomic mass is 19.1. The molecule has 1 N–H and O–H groups in total. The molecular weight excluding hydrogens is 229 g/mol. The lowest BCUT2D eigenvalue weighted by molar-refractivity contribution is 0.410. The van der Waals surface area contributed by atoms with E-state index in [2.05, 4.69) is 5.32 Å². The smallest absolute Gasteiger partial charge is 0.146 e. The van der Waals surface area contributed by atoms with Crippen molar-refractivity contribution in [2.75, 3.05) is 12.4 Å². The van der Waals surface area contributed by atoms with Gasteiger partial charge in [0.1, 0.15) is 11.6 Å². The van der Waals surface area contributed by atoms with E-state index < -0.39 is 0 Å². The SMILES string of the molecule is COc1ccccc1CNc1cc(C)ccc1F. The number of methoxy groups -OCH3 is 1. The average molecular weight is 245 g/mol. The van der Waals surface area contributed by atoms with Crippen LogP contribution < -0.4 is 10.1 Å². The third-order valence-corrected chi connectivity index (χ3v) is 2.78. The molecule has 0 fully saturated rings. The summed E-state index contributed by atoms with van der Waals surface area (Å²) in [5.74, 6) is 0.563. The zero-order chi connectivity index (χ0) is 13.0. The summed E-state index contributed by atoms with van der Waals surface area (Å²) in [5.41, 5.74) is 2.54. The Hall–Kier alpha value is -2.03. The van der Waals surface area contributed by atoms with E-state index >= 15 is 0 Å². The number of ether oxygens (including phenoxy) is 1. The van der Waals surface area contributed by atoms with E-state index in [1.807, 2.05) is 31.2 Å². The highest BCUT2D eigenvalue weighted by Crippen LogP contribution is 2.21. The van der Waals surface area contributed by atoms with Gasteiger partial charge in [-0.3, -0.25) is 0 Å². The number of hydrogen-bond donors (Lipinski definition) is 1. The normalized spacial score (nSPS) is 10.2. The maximum atomic E-state index is 13.6. The first-order valence-electron chi connectivity index (χ1n) is 5.82. The van der Waals surface area contributed by atoms with E-state index in [1.54, 1.807) is 19.2 Å². The summed E-state index contributed by atoms with van der Waals surface area (Å²) in [7, 11) is 1.63. The van der Waals surface area contributed by atoms with Crippen LogP contribution in [-0.2, 0) is 6.54 Å². The highest BCUT2D eigenvalue weighted by molar-refractivity contribution is 5.48. The van der Waals surface area contributed by atoms with Gasteiger partial charge in [0.15, 0.2) is 0 Å². The minimum absolute atomic E-state index is 0.240. The molecule has 0 atom stereocenters. The van der Waals surface area contributed by atoms with E-state index in [9.17, 15) is 4.39 Å². The van der Waals surface area contributed by atoms with Gasteiger partial charge in [0.25, 0.3) is 0 Å². The molecule has 2 nitrogen and oxygen atoms in total. The van der Waals surface area contributed by atoms with Gasteiger partial charge in [0.2, 0.25) is 0 Å². The third-order valence-electron chi connectivity index (χ3n) is 2.78. The fraction of sp³-hybridized carbons (Fsp3) is 0.200. The van der Waals surface area contributed by atoms with Crippen LogP contribution in [-0.4, -0.2) is 7.11 Å². The van der Waals surface area contributed by atoms with Crippen molar-refractivity contribution in [1.82, 2.24) is 0 Å². The standard InChI is InChI=1S/C15H16FNO/c1-11-7-8-13(16)14(9-11)17-10-12-5-3-4-6-15(12)18-2/h3-9,17H,10H2,1-2H3. The number of hydrogen-bond acceptors (Lipinski definition) is 2. The van der Waals surface area contributed by atoms with Crippen molar-refractivity contribution in [1.29, 1.82) is 0 Å². The molecule has 0 amide bonds. The Balaban J connectivity index is 2.14. The molecular formula is C15H16FNO. The van der Waals surface area contributed by atoms with E-state index in [4.69, 9.17) is 4.74 Å². The lowest BCUT2D eigenvalue weighted by Crippen LogP contribution is -2.03. The van der Waals surface area contributed by atoms with Crippen molar-refractivity contribution in [2.24, 2.45) is 0 Å². The van der Waals surface area contributed by atoms with Gasteiger partial charge in [-0.15, -0.1) is 0 Å². The summed E-state index contributed by atoms with van der Waals surface area (Å²) in [4.78, 5) is 0. The molecule has 18 heavy (non-hydrogen) atoms. The lowest BCUT2D eigenvalue weighted by Gasteiger charge is -2.11. The Kier molecular flexibility index (Phi) is 3.82. The molecule has 3 heteroatoms. The Morgan fingerprint density at radius 2 is 1.94 bits per heavy atom. The number of nitrogens with one attached hydrogen (secondary N) is 1. The molecule has 0 radical (unpaired) electrons. The van der Waals surface area contributed by atoms with Gasteiger partial charge in [-0.05, 0) is 30.7 Å². The van der Waals surface area contributed by atoms with Gasteiger partial charge in [0.05, 0.1) is 12.8 Å². The fourth-order valence-electron chi connectivity index (χ4n) is 1.81. The first kappa shape index (κ1) is 12.4. The molecule has 0 bridgehead atoms. The Bertz CT molecular complexity index is 540. The summed E-state index contributed by atoms with van der Waals surface area (Å²) in [6, 6.07) is 12.7. The molecule has 0 spiro atoms. The molecule has 94 valence electrons. The minimum atomic E-state index is -0.240. The van der Waals surface area contributed by atoms with Crippen LogP contribution in [0.1, 0.15) is 11.1 Å². The van der Waals surface area contributed by atoms with E-state index in [0.717, 1.165) is 16.9 Å². The van der Waals surface area contributed by atoms with Gasteiger partial charge in [0, 0.05) is 12.1 Å². The van der Waals surface area contributed by atoms with E-state index in [0.29, 0.717) is 12.2 Å². The summed E-state index contributed by atoms with van der Waals surface area (Å²) in [6.45, 7) is 2.47. The molecule has 0 aromatic heterocycles. The summed E-state index contributed by atoms with van der Waals surface area (Å²) in [6.07, 6.45) is 0. The van der Waals surface area contributed by atoms with Crippen molar-refractivity contribution in [3.63, 3.8) is 0 Å². The number of para-hydroxylation sites is 1. The zero-order valence-electron chi connectivity index (χ0n) is 10.5. The molecule has 2 aromatic rings. The van der Waals surface area contributed by atoms with Gasteiger partial charge in [-0.25, -0.2) is 4.39 Å². The molecule has 0 aliphatic heterocycles. The summed E-state index contributed by atoms with van der Waals surface area (Å²) >= 11 is 0. The topological polar surface area (TPSA) is 21.3 Å². The number of rotatable bonds is 4. The summed E-state index contributed by atoms with van der Waals surface area (Å²) < 4.78 is 18.8. The van der Waals surface area contributed by atoms with Crippen molar-refractivity contribution >= 4 is 5.69 Å². The minimum Gasteiger partial charge on any atom is -0.496 e. The number of halogens is 1. The molecule has 0 heterocycles. The Morgan fingerprint density at radius 1 is 1.17 bits per heavy atom. The molecule has 0 unspecified atom stereocenters. The Morgan fingerprint density at radius 3 is 2.72 bits per heavy atom. The second-order valence-corrected chi connectivity index (χ2v) is 4.15. The highest BCUT2D eigenvalue weighted by Gasteiger charge is 2.04. The van der Waals surface area contributed by atoms with E-state index in [1.165, 1.54) is 6.07 Å². The van der Waals surface area contributed by atoms with Crippen molar-refractivity contribution in [2.45, 2.75) is 13.5 Å². The number of aryl methyl sites for hydroxylation is 1. The largest absolute Gasteiger partial charge is 0.496 e. The third kappa shape index (κ3) is 2.80. The molecule has 2 rings (SSSR count). The molecule has 0 aliphatic rings. The lowest BCUT2D eigenvalue weighted by atomic mass is 10.1. The molecule has 2 aromatic carbocycles. The predicted molar refractivity (Wildman–Crippen MR) is 71.5 cm³/mol. The van der Waals surface area contributed by atoms with Crippen LogP contribution in [0.15, 0.2) is 42.5 Å². The van der Waals surface area contributed by atoms with Crippen molar-refractivity contribution in [3.8, 4) is 5.75 Å². The van der Waals surface area contributed by atoms with Gasteiger partial charge < -0.3 is 10.1 Å². The van der Waals surface area contributed by atoms with Gasteiger partial charge in [-0.2, -0.15) is 0 Å². The zero-order valence-corrected chi connectivity index (χ0v) is 10.5. The maximum Gasteiger partial charge on any atom is 0.146 e. The predicted octanol–water partition coefficient (Wildman–Crippen LogP) is 3.75. The second-order valence-electron chi connectivity index (χ2n) is 4.15. The first-order valence-corrected chi connectivity index (χ1v) is 5.82. The maximum absolute atomic E-state index is 13.6. The van der Waals surface area contributed by atoms with Gasteiger partial charge >= 0.3 is 0 Å². The van der Waals surface area contributed by atoms with Crippen molar-refractivity contribution < 1.29 is 9.13 Å². The van der Waals surface area contributed by atoms with Crippen LogP contribution >= 0.6 is 0 Å². The summed E-state index contributed by atoms with van der Waals surface area (Å²) in [5, 5.41) is 3.09. The van der Waals surface area contributed by atoms with Crippen LogP contribution in [0.2, 0.25) is 0 Å². The molecule has 0 saturated carbocycles. The quantitative estimate of drug-likeness (QED) is 0.885. The number of benzene rings is 2. The van der Waals surface area contributed by atoms with Crippen LogP contribution in [0.5, 0.6) is 5.75 Å². The van der Waals surface area contributed by atoms with Crippen LogP contribution in [0, 0.1) is 12.7 Å². The molecule has 0 saturated heterocycles. The van der Waals surface area contributed by atoms with Crippen LogP contribution in [0.4, 0.5) is 10.1 Å². The van der Waals surface area contributed by atoms with E-state index in [-0.39, 0.29) is 5.82 Å². The first-order chi connectivity index (χ1) is 8.70. The van der Waals surface area contributed by atoms with Crippen molar-refractivity contribution in [3.05, 3.63) is 59.4 Å². The second kappa shape index (κ2) is 5.54. The van der Waals surface area contributed by atoms with Crippen LogP contribution in [0.25, 0.3) is 0 Å². The monoisotopic (exact) mass is 245 g/mol. The molecule has 0 aliphatic carbocycles. The van der Waals surface area contributed by atoms with Crippen LogP contribution in [0.3, 0.4) is 0 Å². The Labute approximate surface area is 106 Å².